The molecule has 0 atom stereocenters. The van der Waals surface area contributed by atoms with Crippen LogP contribution in [-0.2, 0) is 9.53 Å². The lowest BCUT2D eigenvalue weighted by Crippen LogP contribution is -2.21. The van der Waals surface area contributed by atoms with Gasteiger partial charge in [-0.15, -0.1) is 0 Å². The third-order valence-electron chi connectivity index (χ3n) is 2.87. The van der Waals surface area contributed by atoms with Crippen LogP contribution in [0.2, 0.25) is 0 Å². The summed E-state index contributed by atoms with van der Waals surface area (Å²) < 4.78 is 9.84. The molecule has 2 rings (SSSR count). The van der Waals surface area contributed by atoms with E-state index in [1.807, 2.05) is 25.1 Å². The normalized spacial score (nSPS) is 10.2. The summed E-state index contributed by atoms with van der Waals surface area (Å²) >= 11 is 0. The molecule has 1 N–H and O–H groups in total. The Balaban J connectivity index is 1.91. The number of nitrogens with one attached hydrogen (secondary N) is 1. The number of aryl methyl sites for hydroxylation is 3. The highest BCUT2D eigenvalue weighted by molar-refractivity contribution is 5.96. The van der Waals surface area contributed by atoms with Gasteiger partial charge in [0, 0.05) is 5.69 Å². The van der Waals surface area contributed by atoms with E-state index in [0.717, 1.165) is 5.56 Å². The van der Waals surface area contributed by atoms with Gasteiger partial charge in [-0.1, -0.05) is 17.3 Å². The van der Waals surface area contributed by atoms with Gasteiger partial charge in [0.25, 0.3) is 5.91 Å². The van der Waals surface area contributed by atoms with Gasteiger partial charge < -0.3 is 14.6 Å². The molecule has 1 aromatic heterocycles. The molecule has 21 heavy (non-hydrogen) atoms. The second-order valence-corrected chi connectivity index (χ2v) is 4.69. The summed E-state index contributed by atoms with van der Waals surface area (Å²) in [7, 11) is 0. The number of esters is 1. The number of benzene rings is 1. The van der Waals surface area contributed by atoms with Crippen LogP contribution in [0.1, 0.15) is 27.4 Å². The Hall–Kier alpha value is -2.63. The number of hydrogen-bond acceptors (Lipinski definition) is 5. The fraction of sp³-hybridized carbons (Fsp3) is 0.267. The van der Waals surface area contributed by atoms with Crippen molar-refractivity contribution in [2.75, 3.05) is 11.9 Å². The zero-order chi connectivity index (χ0) is 15.4. The standard InChI is InChI=1S/C15H16N2O4/c1-9-5-4-6-12(7-9)16-13(18)8-20-15(19)14-10(2)17-21-11(14)3/h4-7H,8H2,1-3H3,(H,16,18). The number of nitrogens with zero attached hydrogens (tertiary/aromatic N) is 1. The summed E-state index contributed by atoms with van der Waals surface area (Å²) in [6.45, 7) is 4.81. The minimum absolute atomic E-state index is 0.262. The van der Waals surface area contributed by atoms with Gasteiger partial charge in [0.2, 0.25) is 0 Å². The van der Waals surface area contributed by atoms with Crippen LogP contribution in [0.3, 0.4) is 0 Å². The SMILES string of the molecule is Cc1cccc(NC(=O)COC(=O)c2c(C)noc2C)c1. The zero-order valence-corrected chi connectivity index (χ0v) is 12.1. The van der Waals surface area contributed by atoms with E-state index < -0.39 is 11.9 Å². The van der Waals surface area contributed by atoms with Crippen molar-refractivity contribution in [3.05, 3.63) is 46.8 Å². The lowest BCUT2D eigenvalue weighted by Gasteiger charge is -2.07. The van der Waals surface area contributed by atoms with E-state index in [4.69, 9.17) is 9.26 Å². The molecule has 0 aliphatic rings. The molecule has 0 unspecified atom stereocenters. The topological polar surface area (TPSA) is 81.4 Å². The van der Waals surface area contributed by atoms with E-state index in [-0.39, 0.29) is 12.2 Å². The van der Waals surface area contributed by atoms with Crippen molar-refractivity contribution in [3.8, 4) is 0 Å². The van der Waals surface area contributed by atoms with Crippen molar-refractivity contribution in [3.63, 3.8) is 0 Å². The Morgan fingerprint density at radius 3 is 2.67 bits per heavy atom. The zero-order valence-electron chi connectivity index (χ0n) is 12.1. The molecule has 6 heteroatoms. The van der Waals surface area contributed by atoms with Crippen LogP contribution in [0.4, 0.5) is 5.69 Å². The third-order valence-corrected chi connectivity index (χ3v) is 2.87. The number of aromatic nitrogens is 1. The van der Waals surface area contributed by atoms with E-state index in [1.54, 1.807) is 19.9 Å². The lowest BCUT2D eigenvalue weighted by atomic mass is 10.2. The first-order valence-corrected chi connectivity index (χ1v) is 6.44. The summed E-state index contributed by atoms with van der Waals surface area (Å²) in [4.78, 5) is 23.6. The smallest absolute Gasteiger partial charge is 0.344 e. The minimum atomic E-state index is -0.620. The summed E-state index contributed by atoms with van der Waals surface area (Å²) in [5, 5.41) is 6.32. The molecule has 1 heterocycles. The van der Waals surface area contributed by atoms with Crippen LogP contribution in [0.15, 0.2) is 28.8 Å². The average Bonchev–Trinajstić information content (AvgIpc) is 2.76. The van der Waals surface area contributed by atoms with Gasteiger partial charge in [0.1, 0.15) is 11.3 Å². The highest BCUT2D eigenvalue weighted by atomic mass is 16.5. The largest absolute Gasteiger partial charge is 0.452 e. The van der Waals surface area contributed by atoms with Crippen molar-refractivity contribution in [1.82, 2.24) is 5.16 Å². The van der Waals surface area contributed by atoms with Gasteiger partial charge in [-0.25, -0.2) is 4.79 Å². The Morgan fingerprint density at radius 2 is 2.05 bits per heavy atom. The molecule has 2 aromatic rings. The molecule has 1 aromatic carbocycles. The van der Waals surface area contributed by atoms with Gasteiger partial charge in [0.05, 0.1) is 5.69 Å². The monoisotopic (exact) mass is 288 g/mol. The Bertz CT molecular complexity index is 657. The van der Waals surface area contributed by atoms with Gasteiger partial charge in [-0.3, -0.25) is 4.79 Å². The molecule has 0 aliphatic heterocycles. The van der Waals surface area contributed by atoms with Crippen molar-refractivity contribution in [1.29, 1.82) is 0 Å². The molecular weight excluding hydrogens is 272 g/mol. The predicted molar refractivity (Wildman–Crippen MR) is 76.1 cm³/mol. The second-order valence-electron chi connectivity index (χ2n) is 4.69. The molecule has 110 valence electrons. The highest BCUT2D eigenvalue weighted by Crippen LogP contribution is 2.13. The number of amides is 1. The van der Waals surface area contributed by atoms with Gasteiger partial charge in [0.15, 0.2) is 6.61 Å². The molecule has 0 bridgehead atoms. The van der Waals surface area contributed by atoms with E-state index in [0.29, 0.717) is 17.1 Å². The second kappa shape index (κ2) is 6.21. The molecule has 1 amide bonds. The molecule has 0 aliphatic carbocycles. The van der Waals surface area contributed by atoms with Crippen LogP contribution in [-0.4, -0.2) is 23.6 Å². The van der Waals surface area contributed by atoms with Crippen LogP contribution in [0.25, 0.3) is 0 Å². The molecule has 0 fully saturated rings. The van der Waals surface area contributed by atoms with E-state index in [1.165, 1.54) is 0 Å². The van der Waals surface area contributed by atoms with E-state index in [9.17, 15) is 9.59 Å². The maximum absolute atomic E-state index is 11.9. The Kier molecular flexibility index (Phi) is 4.37. The van der Waals surface area contributed by atoms with Crippen molar-refractivity contribution in [2.45, 2.75) is 20.8 Å². The molecule has 0 saturated carbocycles. The third kappa shape index (κ3) is 3.68. The fourth-order valence-corrected chi connectivity index (χ4v) is 1.90. The van der Waals surface area contributed by atoms with E-state index >= 15 is 0 Å². The lowest BCUT2D eigenvalue weighted by molar-refractivity contribution is -0.119. The maximum Gasteiger partial charge on any atom is 0.344 e. The maximum atomic E-state index is 11.9. The van der Waals surface area contributed by atoms with Crippen molar-refractivity contribution >= 4 is 17.6 Å². The van der Waals surface area contributed by atoms with Crippen LogP contribution >= 0.6 is 0 Å². The summed E-state index contributed by atoms with van der Waals surface area (Å²) in [5.41, 5.74) is 2.39. The average molecular weight is 288 g/mol. The van der Waals surface area contributed by atoms with E-state index in [2.05, 4.69) is 10.5 Å². The van der Waals surface area contributed by atoms with Crippen molar-refractivity contribution in [2.24, 2.45) is 0 Å². The van der Waals surface area contributed by atoms with Gasteiger partial charge in [-0.2, -0.15) is 0 Å². The number of anilines is 1. The number of carbonyl (C=O) groups is 2. The van der Waals surface area contributed by atoms with Crippen LogP contribution in [0, 0.1) is 20.8 Å². The first-order valence-electron chi connectivity index (χ1n) is 6.44. The first-order chi connectivity index (χ1) is 9.97. The number of carbonyl (C=O) groups excluding carboxylic acids is 2. The molecule has 6 nitrogen and oxygen atoms in total. The Morgan fingerprint density at radius 1 is 1.29 bits per heavy atom. The first kappa shape index (κ1) is 14.8. The number of ether oxygens (including phenoxy) is 1. The van der Waals surface area contributed by atoms with Crippen LogP contribution in [0.5, 0.6) is 0 Å². The van der Waals surface area contributed by atoms with Gasteiger partial charge >= 0.3 is 5.97 Å². The fourth-order valence-electron chi connectivity index (χ4n) is 1.90. The number of rotatable bonds is 4. The molecular formula is C15H16N2O4. The highest BCUT2D eigenvalue weighted by Gasteiger charge is 2.19. The quantitative estimate of drug-likeness (QED) is 0.874. The summed E-state index contributed by atoms with van der Waals surface area (Å²) in [5.74, 6) is -0.650. The summed E-state index contributed by atoms with van der Waals surface area (Å²) in [6.07, 6.45) is 0. The molecule has 0 saturated heterocycles. The van der Waals surface area contributed by atoms with Gasteiger partial charge in [-0.05, 0) is 38.5 Å². The molecule has 0 spiro atoms. The van der Waals surface area contributed by atoms with Crippen LogP contribution < -0.4 is 5.32 Å². The molecule has 0 radical (unpaired) electrons. The number of hydrogen-bond donors (Lipinski definition) is 1. The predicted octanol–water partition coefficient (Wildman–Crippen LogP) is 2.40. The Labute approximate surface area is 122 Å². The summed E-state index contributed by atoms with van der Waals surface area (Å²) in [6, 6.07) is 7.35. The van der Waals surface area contributed by atoms with Crippen molar-refractivity contribution < 1.29 is 18.8 Å². The minimum Gasteiger partial charge on any atom is -0.452 e.